The van der Waals surface area contributed by atoms with E-state index in [1.54, 1.807) is 0 Å². The maximum absolute atomic E-state index is 12.5. The summed E-state index contributed by atoms with van der Waals surface area (Å²) in [6.07, 6.45) is -8.05. The van der Waals surface area contributed by atoms with Gasteiger partial charge < -0.3 is 35.0 Å². The van der Waals surface area contributed by atoms with Gasteiger partial charge in [-0.2, -0.15) is 0 Å². The van der Waals surface area contributed by atoms with Gasteiger partial charge in [-0.25, -0.2) is 0 Å². The lowest BCUT2D eigenvalue weighted by molar-refractivity contribution is -0.290. The van der Waals surface area contributed by atoms with E-state index in [2.05, 4.69) is 0 Å². The molecule has 134 valence electrons. The number of carbonyl (C=O) groups is 2. The summed E-state index contributed by atoms with van der Waals surface area (Å²) in [6, 6.07) is 5.80. The van der Waals surface area contributed by atoms with Crippen molar-refractivity contribution in [1.29, 1.82) is 0 Å². The average molecular weight is 352 g/mol. The van der Waals surface area contributed by atoms with Gasteiger partial charge in [-0.3, -0.25) is 9.59 Å². The Morgan fingerprint density at radius 2 is 1.56 bits per heavy atom. The lowest BCUT2D eigenvalue weighted by atomic mass is 9.92. The minimum Gasteiger partial charge on any atom is -0.501 e. The van der Waals surface area contributed by atoms with Crippen LogP contribution in [0.2, 0.25) is 0 Å². The number of ether oxygens (including phenoxy) is 2. The molecule has 0 bridgehead atoms. The van der Waals surface area contributed by atoms with Crippen LogP contribution in [-0.2, 0) is 9.47 Å². The summed E-state index contributed by atoms with van der Waals surface area (Å²) in [5.41, 5.74) is 0.0102. The highest BCUT2D eigenvalue weighted by molar-refractivity contribution is 6.25. The Kier molecular flexibility index (Phi) is 4.58. The summed E-state index contributed by atoms with van der Waals surface area (Å²) in [5, 5.41) is 48.6. The Hall–Kier alpha value is -2.30. The molecule has 0 radical (unpaired) electrons. The molecule has 0 spiro atoms. The maximum atomic E-state index is 12.5. The molecule has 1 aromatic carbocycles. The first-order valence-electron chi connectivity index (χ1n) is 7.45. The number of allylic oxidation sites excluding steroid dienone is 2. The van der Waals surface area contributed by atoms with Crippen LogP contribution in [0, 0.1) is 0 Å². The number of hydrogen-bond donors (Lipinski definition) is 5. The van der Waals surface area contributed by atoms with Crippen molar-refractivity contribution in [2.75, 3.05) is 6.61 Å². The van der Waals surface area contributed by atoms with E-state index in [9.17, 15) is 30.0 Å². The van der Waals surface area contributed by atoms with Crippen LogP contribution in [-0.4, -0.2) is 74.4 Å². The highest BCUT2D eigenvalue weighted by Gasteiger charge is 2.46. The smallest absolute Gasteiger partial charge is 0.232 e. The van der Waals surface area contributed by atoms with Crippen molar-refractivity contribution in [2.45, 2.75) is 30.7 Å². The van der Waals surface area contributed by atoms with Crippen LogP contribution in [0.5, 0.6) is 0 Å². The topological polar surface area (TPSA) is 154 Å². The van der Waals surface area contributed by atoms with E-state index in [0.717, 1.165) is 0 Å². The predicted molar refractivity (Wildman–Crippen MR) is 79.6 cm³/mol. The van der Waals surface area contributed by atoms with Crippen molar-refractivity contribution in [3.63, 3.8) is 0 Å². The van der Waals surface area contributed by atoms with E-state index < -0.39 is 60.4 Å². The Morgan fingerprint density at radius 1 is 0.960 bits per heavy atom. The molecule has 1 aliphatic heterocycles. The lowest BCUT2D eigenvalue weighted by Gasteiger charge is -2.39. The zero-order valence-corrected chi connectivity index (χ0v) is 12.8. The average Bonchev–Trinajstić information content (AvgIpc) is 2.63. The number of aliphatic hydroxyl groups is 5. The van der Waals surface area contributed by atoms with E-state index in [-0.39, 0.29) is 11.1 Å². The minimum absolute atomic E-state index is 0.00453. The molecule has 0 aromatic heterocycles. The van der Waals surface area contributed by atoms with Gasteiger partial charge in [-0.05, 0) is 0 Å². The molecular weight excluding hydrogens is 336 g/mol. The largest absolute Gasteiger partial charge is 0.501 e. The quantitative estimate of drug-likeness (QED) is 0.444. The Bertz CT molecular complexity index is 739. The molecule has 1 aromatic rings. The molecule has 1 saturated heterocycles. The van der Waals surface area contributed by atoms with Gasteiger partial charge in [0, 0.05) is 11.1 Å². The molecule has 3 rings (SSSR count). The van der Waals surface area contributed by atoms with E-state index in [1.807, 2.05) is 0 Å². The van der Waals surface area contributed by atoms with Crippen LogP contribution >= 0.6 is 0 Å². The molecule has 1 aliphatic carbocycles. The van der Waals surface area contributed by atoms with Gasteiger partial charge in [-0.1, -0.05) is 24.3 Å². The first kappa shape index (κ1) is 17.5. The number of carbonyl (C=O) groups excluding carboxylic acids is 2. The maximum Gasteiger partial charge on any atom is 0.232 e. The van der Waals surface area contributed by atoms with Crippen LogP contribution in [0.15, 0.2) is 35.8 Å². The van der Waals surface area contributed by atoms with Gasteiger partial charge >= 0.3 is 0 Å². The van der Waals surface area contributed by atoms with Crippen LogP contribution in [0.4, 0.5) is 0 Å². The van der Waals surface area contributed by atoms with Crippen molar-refractivity contribution in [1.82, 2.24) is 0 Å². The molecule has 9 nitrogen and oxygen atoms in total. The van der Waals surface area contributed by atoms with Gasteiger partial charge in [0.15, 0.2) is 0 Å². The SMILES string of the molecule is O=C1C(O)=C(O[C@@H]2O[C@H](CO)[C@@H](O)[C@H](O)[C@H]2O)C(=O)c2ccccc21. The number of benzene rings is 1. The van der Waals surface area contributed by atoms with Gasteiger partial charge in [-0.15, -0.1) is 0 Å². The second-order valence-corrected chi connectivity index (χ2v) is 5.70. The first-order chi connectivity index (χ1) is 11.9. The summed E-state index contributed by atoms with van der Waals surface area (Å²) < 4.78 is 10.3. The second-order valence-electron chi connectivity index (χ2n) is 5.70. The van der Waals surface area contributed by atoms with Crippen molar-refractivity contribution >= 4 is 11.6 Å². The van der Waals surface area contributed by atoms with Gasteiger partial charge in [0.05, 0.1) is 6.61 Å². The number of Topliss-reactive ketones (excluding diaryl/α,β-unsaturated/α-hetero) is 2. The number of aliphatic hydroxyl groups excluding tert-OH is 5. The monoisotopic (exact) mass is 352 g/mol. The molecule has 9 heteroatoms. The Labute approximate surface area is 141 Å². The van der Waals surface area contributed by atoms with Crippen LogP contribution < -0.4 is 0 Å². The lowest BCUT2D eigenvalue weighted by Crippen LogP contribution is -2.59. The molecule has 5 atom stereocenters. The molecule has 0 saturated carbocycles. The summed E-state index contributed by atoms with van der Waals surface area (Å²) in [6.45, 7) is -0.689. The fourth-order valence-corrected chi connectivity index (χ4v) is 2.73. The van der Waals surface area contributed by atoms with Crippen LogP contribution in [0.3, 0.4) is 0 Å². The van der Waals surface area contributed by atoms with Crippen LogP contribution in [0.1, 0.15) is 20.7 Å². The van der Waals surface area contributed by atoms with Crippen molar-refractivity contribution in [2.24, 2.45) is 0 Å². The van der Waals surface area contributed by atoms with Gasteiger partial charge in [0.25, 0.3) is 0 Å². The fraction of sp³-hybridized carbons (Fsp3) is 0.375. The normalized spacial score (nSPS) is 32.6. The third-order valence-corrected chi connectivity index (χ3v) is 4.14. The number of rotatable bonds is 3. The number of hydrogen-bond acceptors (Lipinski definition) is 9. The zero-order chi connectivity index (χ0) is 18.3. The van der Waals surface area contributed by atoms with Crippen molar-refractivity contribution in [3.8, 4) is 0 Å². The molecule has 25 heavy (non-hydrogen) atoms. The standard InChI is InChI=1S/C16H16O9/c17-5-8-11(20)12(21)14(23)16(24-8)25-15-10(19)7-4-2-1-3-6(7)9(18)13(15)22/h1-4,8,11-12,14,16-17,20-23H,5H2/t8-,11-,12+,14-,16+/m1/s1. The first-order valence-corrected chi connectivity index (χ1v) is 7.45. The summed E-state index contributed by atoms with van der Waals surface area (Å²) in [5.74, 6) is -3.34. The van der Waals surface area contributed by atoms with E-state index in [4.69, 9.17) is 14.6 Å². The van der Waals surface area contributed by atoms with E-state index >= 15 is 0 Å². The molecular formula is C16H16O9. The van der Waals surface area contributed by atoms with Crippen LogP contribution in [0.25, 0.3) is 0 Å². The highest BCUT2D eigenvalue weighted by atomic mass is 16.7. The number of ketones is 2. The molecule has 5 N–H and O–H groups in total. The van der Waals surface area contributed by atoms with Crippen molar-refractivity contribution in [3.05, 3.63) is 46.9 Å². The second kappa shape index (κ2) is 6.54. The third-order valence-electron chi connectivity index (χ3n) is 4.14. The molecule has 2 aliphatic rings. The number of fused-ring (bicyclic) bond motifs is 1. The highest BCUT2D eigenvalue weighted by Crippen LogP contribution is 2.30. The zero-order valence-electron chi connectivity index (χ0n) is 12.8. The summed E-state index contributed by atoms with van der Waals surface area (Å²) in [4.78, 5) is 24.6. The van der Waals surface area contributed by atoms with Gasteiger partial charge in [0.2, 0.25) is 29.4 Å². The minimum atomic E-state index is -1.78. The molecule has 1 fully saturated rings. The Morgan fingerprint density at radius 3 is 2.16 bits per heavy atom. The molecule has 0 amide bonds. The predicted octanol–water partition coefficient (Wildman–Crippen LogP) is -1.35. The third kappa shape index (κ3) is 2.81. The molecule has 0 unspecified atom stereocenters. The fourth-order valence-electron chi connectivity index (χ4n) is 2.73. The Balaban J connectivity index is 1.91. The van der Waals surface area contributed by atoms with E-state index in [0.29, 0.717) is 0 Å². The van der Waals surface area contributed by atoms with E-state index in [1.165, 1.54) is 24.3 Å². The summed E-state index contributed by atoms with van der Waals surface area (Å²) in [7, 11) is 0. The van der Waals surface area contributed by atoms with Crippen molar-refractivity contribution < 1.29 is 44.6 Å². The van der Waals surface area contributed by atoms with Gasteiger partial charge in [0.1, 0.15) is 24.4 Å². The summed E-state index contributed by atoms with van der Waals surface area (Å²) >= 11 is 0. The molecule has 1 heterocycles.